The van der Waals surface area contributed by atoms with Crippen LogP contribution in [0.15, 0.2) is 12.7 Å². The summed E-state index contributed by atoms with van der Waals surface area (Å²) in [6.45, 7) is 5.48. The van der Waals surface area contributed by atoms with Gasteiger partial charge < -0.3 is 4.74 Å². The van der Waals surface area contributed by atoms with Gasteiger partial charge in [-0.25, -0.2) is 0 Å². The maximum absolute atomic E-state index is 5.78. The summed E-state index contributed by atoms with van der Waals surface area (Å²) in [6, 6.07) is 0. The molecule has 15 heavy (non-hydrogen) atoms. The highest BCUT2D eigenvalue weighted by Gasteiger charge is 2.58. The van der Waals surface area contributed by atoms with Gasteiger partial charge in [-0.15, -0.1) is 6.58 Å². The first-order valence-corrected chi connectivity index (χ1v) is 6.54. The predicted octanol–water partition coefficient (Wildman–Crippen LogP) is 3.41. The largest absolute Gasteiger partial charge is 0.377 e. The number of hydrogen-bond acceptors (Lipinski definition) is 1. The van der Waals surface area contributed by atoms with E-state index in [1.807, 2.05) is 6.08 Å². The lowest BCUT2D eigenvalue weighted by Crippen LogP contribution is -2.32. The molecular formula is C14H22O. The van der Waals surface area contributed by atoms with Crippen LogP contribution in [0.2, 0.25) is 0 Å². The summed E-state index contributed by atoms with van der Waals surface area (Å²) in [5.41, 5.74) is 0.592. The topological polar surface area (TPSA) is 9.23 Å². The number of fused-ring (bicyclic) bond motifs is 5. The summed E-state index contributed by atoms with van der Waals surface area (Å²) in [5, 5.41) is 0. The summed E-state index contributed by atoms with van der Waals surface area (Å²) in [7, 11) is 0. The van der Waals surface area contributed by atoms with E-state index in [1.165, 1.54) is 38.5 Å². The second kappa shape index (κ2) is 3.62. The van der Waals surface area contributed by atoms with E-state index >= 15 is 0 Å². The van der Waals surface area contributed by atoms with Crippen molar-refractivity contribution in [1.82, 2.24) is 0 Å². The number of ether oxygens (including phenoxy) is 1. The van der Waals surface area contributed by atoms with Gasteiger partial charge in [-0.1, -0.05) is 12.5 Å². The van der Waals surface area contributed by atoms with Crippen LogP contribution in [0.4, 0.5) is 0 Å². The van der Waals surface area contributed by atoms with Crippen LogP contribution >= 0.6 is 0 Å². The van der Waals surface area contributed by atoms with Gasteiger partial charge in [-0.05, 0) is 55.3 Å². The minimum atomic E-state index is 0.592. The van der Waals surface area contributed by atoms with E-state index in [2.05, 4.69) is 6.58 Å². The summed E-state index contributed by atoms with van der Waals surface area (Å²) < 4.78 is 5.78. The first kappa shape index (κ1) is 9.89. The monoisotopic (exact) mass is 206 g/mol. The number of rotatable bonds is 4. The molecule has 3 saturated carbocycles. The molecule has 3 aliphatic rings. The molecule has 2 bridgehead atoms. The molecule has 3 rings (SSSR count). The molecule has 1 heteroatoms. The zero-order valence-electron chi connectivity index (χ0n) is 9.58. The molecule has 0 spiro atoms. The smallest absolute Gasteiger partial charge is 0.0645 e. The van der Waals surface area contributed by atoms with Crippen molar-refractivity contribution in [2.24, 2.45) is 23.2 Å². The van der Waals surface area contributed by atoms with Gasteiger partial charge in [-0.3, -0.25) is 0 Å². The second-order valence-corrected chi connectivity index (χ2v) is 5.87. The van der Waals surface area contributed by atoms with E-state index in [0.29, 0.717) is 5.41 Å². The Morgan fingerprint density at radius 1 is 1.33 bits per heavy atom. The third kappa shape index (κ3) is 1.39. The molecular weight excluding hydrogens is 184 g/mol. The molecule has 0 aromatic rings. The standard InChI is InChI=1S/C14H22O/c1-2-8-15-10-14-7-6-11(9-14)12-4-3-5-13(12)14/h2,11-13H,1,3-10H2. The lowest BCUT2D eigenvalue weighted by atomic mass is 9.72. The van der Waals surface area contributed by atoms with Gasteiger partial charge in [-0.2, -0.15) is 0 Å². The molecule has 0 N–H and O–H groups in total. The highest BCUT2D eigenvalue weighted by molar-refractivity contribution is 5.07. The summed E-state index contributed by atoms with van der Waals surface area (Å²) >= 11 is 0. The van der Waals surface area contributed by atoms with E-state index in [0.717, 1.165) is 31.0 Å². The van der Waals surface area contributed by atoms with Gasteiger partial charge in [0.25, 0.3) is 0 Å². The molecule has 84 valence electrons. The lowest BCUT2D eigenvalue weighted by molar-refractivity contribution is 0.0237. The van der Waals surface area contributed by atoms with Gasteiger partial charge >= 0.3 is 0 Å². The molecule has 0 aromatic heterocycles. The first-order chi connectivity index (χ1) is 7.36. The average Bonchev–Trinajstić information content (AvgIpc) is 2.89. The Hall–Kier alpha value is -0.300. The van der Waals surface area contributed by atoms with Crippen molar-refractivity contribution < 1.29 is 4.74 Å². The van der Waals surface area contributed by atoms with Crippen LogP contribution in [0.1, 0.15) is 38.5 Å². The van der Waals surface area contributed by atoms with Crippen molar-refractivity contribution >= 4 is 0 Å². The normalized spacial score (nSPS) is 47.1. The second-order valence-electron chi connectivity index (χ2n) is 5.87. The van der Waals surface area contributed by atoms with Gasteiger partial charge in [0.2, 0.25) is 0 Å². The highest BCUT2D eigenvalue weighted by Crippen LogP contribution is 2.65. The highest BCUT2D eigenvalue weighted by atomic mass is 16.5. The molecule has 0 aromatic carbocycles. The van der Waals surface area contributed by atoms with Crippen molar-refractivity contribution in [3.05, 3.63) is 12.7 Å². The molecule has 1 nitrogen and oxygen atoms in total. The lowest BCUT2D eigenvalue weighted by Gasteiger charge is -2.35. The molecule has 3 aliphatic carbocycles. The molecule has 4 unspecified atom stereocenters. The Labute approximate surface area is 92.9 Å². The van der Waals surface area contributed by atoms with Crippen molar-refractivity contribution in [3.8, 4) is 0 Å². The fourth-order valence-corrected chi connectivity index (χ4v) is 4.80. The Morgan fingerprint density at radius 3 is 3.13 bits per heavy atom. The summed E-state index contributed by atoms with van der Waals surface area (Å²) in [4.78, 5) is 0. The Kier molecular flexibility index (Phi) is 2.39. The van der Waals surface area contributed by atoms with Crippen LogP contribution in [-0.4, -0.2) is 13.2 Å². The predicted molar refractivity (Wildman–Crippen MR) is 61.6 cm³/mol. The third-order valence-electron chi connectivity index (χ3n) is 5.27. The Bertz CT molecular complexity index is 260. The molecule has 4 atom stereocenters. The molecule has 0 radical (unpaired) electrons. The van der Waals surface area contributed by atoms with Crippen LogP contribution in [-0.2, 0) is 4.74 Å². The van der Waals surface area contributed by atoms with Crippen LogP contribution in [0, 0.1) is 23.2 Å². The minimum absolute atomic E-state index is 0.592. The molecule has 0 saturated heterocycles. The molecule has 0 heterocycles. The average molecular weight is 206 g/mol. The van der Waals surface area contributed by atoms with Crippen LogP contribution < -0.4 is 0 Å². The van der Waals surface area contributed by atoms with E-state index in [-0.39, 0.29) is 0 Å². The summed E-state index contributed by atoms with van der Waals surface area (Å²) in [5.74, 6) is 3.15. The fraction of sp³-hybridized carbons (Fsp3) is 0.857. The van der Waals surface area contributed by atoms with Gasteiger partial charge in [0.1, 0.15) is 0 Å². The zero-order valence-corrected chi connectivity index (χ0v) is 9.58. The molecule has 0 aliphatic heterocycles. The third-order valence-corrected chi connectivity index (χ3v) is 5.27. The quantitative estimate of drug-likeness (QED) is 0.506. The molecule has 3 fully saturated rings. The van der Waals surface area contributed by atoms with Crippen LogP contribution in [0.5, 0.6) is 0 Å². The Balaban J connectivity index is 1.71. The number of hydrogen-bond donors (Lipinski definition) is 0. The van der Waals surface area contributed by atoms with Crippen molar-refractivity contribution in [2.45, 2.75) is 38.5 Å². The van der Waals surface area contributed by atoms with Gasteiger partial charge in [0, 0.05) is 0 Å². The van der Waals surface area contributed by atoms with E-state index < -0.39 is 0 Å². The van der Waals surface area contributed by atoms with Gasteiger partial charge in [0.05, 0.1) is 13.2 Å². The first-order valence-electron chi connectivity index (χ1n) is 6.54. The van der Waals surface area contributed by atoms with E-state index in [1.54, 1.807) is 0 Å². The maximum atomic E-state index is 5.78. The minimum Gasteiger partial charge on any atom is -0.377 e. The molecule has 0 amide bonds. The van der Waals surface area contributed by atoms with E-state index in [9.17, 15) is 0 Å². The van der Waals surface area contributed by atoms with Crippen LogP contribution in [0.3, 0.4) is 0 Å². The zero-order chi connectivity index (χ0) is 10.3. The Morgan fingerprint density at radius 2 is 2.27 bits per heavy atom. The van der Waals surface area contributed by atoms with Crippen molar-refractivity contribution in [1.29, 1.82) is 0 Å². The van der Waals surface area contributed by atoms with Gasteiger partial charge in [0.15, 0.2) is 0 Å². The van der Waals surface area contributed by atoms with Crippen LogP contribution in [0.25, 0.3) is 0 Å². The van der Waals surface area contributed by atoms with E-state index in [4.69, 9.17) is 4.74 Å². The SMILES string of the molecule is C=CCOCC12CCC(C1)C1CCCC12. The maximum Gasteiger partial charge on any atom is 0.0645 e. The van der Waals surface area contributed by atoms with Crippen molar-refractivity contribution in [3.63, 3.8) is 0 Å². The summed E-state index contributed by atoms with van der Waals surface area (Å²) in [6.07, 6.45) is 10.8. The van der Waals surface area contributed by atoms with Crippen molar-refractivity contribution in [2.75, 3.05) is 13.2 Å². The fourth-order valence-electron chi connectivity index (χ4n) is 4.80.